The standard InChI is InChI=1S/C11H22F3N/c1-9(2)8-10(3)15-7-5-4-6-11(12,13)14/h9-10,15H,4-8H2,1-3H3. The summed E-state index contributed by atoms with van der Waals surface area (Å²) in [6.07, 6.45) is -2.76. The van der Waals surface area contributed by atoms with E-state index in [1.54, 1.807) is 0 Å². The predicted octanol–water partition coefficient (Wildman–Crippen LogP) is 3.74. The Morgan fingerprint density at radius 2 is 1.67 bits per heavy atom. The van der Waals surface area contributed by atoms with E-state index in [9.17, 15) is 13.2 Å². The molecule has 1 unspecified atom stereocenters. The largest absolute Gasteiger partial charge is 0.389 e. The molecule has 1 atom stereocenters. The van der Waals surface area contributed by atoms with Crippen molar-refractivity contribution < 1.29 is 13.2 Å². The van der Waals surface area contributed by atoms with Crippen LogP contribution >= 0.6 is 0 Å². The molecule has 0 aliphatic carbocycles. The van der Waals surface area contributed by atoms with Crippen molar-refractivity contribution in [1.82, 2.24) is 5.32 Å². The SMILES string of the molecule is CC(C)CC(C)NCCCCC(F)(F)F. The summed E-state index contributed by atoms with van der Waals surface area (Å²) in [6, 6.07) is 0.399. The molecule has 0 aromatic heterocycles. The van der Waals surface area contributed by atoms with Crippen molar-refractivity contribution in [2.45, 2.75) is 58.7 Å². The van der Waals surface area contributed by atoms with Gasteiger partial charge in [-0.15, -0.1) is 0 Å². The number of hydrogen-bond donors (Lipinski definition) is 1. The molecule has 0 radical (unpaired) electrons. The van der Waals surface area contributed by atoms with Crippen LogP contribution in [0.25, 0.3) is 0 Å². The summed E-state index contributed by atoms with van der Waals surface area (Å²) in [6.45, 7) is 7.04. The van der Waals surface area contributed by atoms with Crippen molar-refractivity contribution >= 4 is 0 Å². The summed E-state index contributed by atoms with van der Waals surface area (Å²) < 4.78 is 35.4. The highest BCUT2D eigenvalue weighted by molar-refractivity contribution is 4.63. The highest BCUT2D eigenvalue weighted by atomic mass is 19.4. The normalized spacial score (nSPS) is 14.6. The maximum Gasteiger partial charge on any atom is 0.389 e. The molecule has 0 aromatic carbocycles. The minimum Gasteiger partial charge on any atom is -0.314 e. The van der Waals surface area contributed by atoms with Gasteiger partial charge in [-0.2, -0.15) is 13.2 Å². The van der Waals surface area contributed by atoms with Crippen LogP contribution in [0.2, 0.25) is 0 Å². The maximum atomic E-state index is 11.8. The first-order valence-corrected chi connectivity index (χ1v) is 5.61. The van der Waals surface area contributed by atoms with Crippen molar-refractivity contribution in [3.05, 3.63) is 0 Å². The van der Waals surface area contributed by atoms with E-state index in [2.05, 4.69) is 26.1 Å². The summed E-state index contributed by atoms with van der Waals surface area (Å²) in [5.74, 6) is 0.627. The predicted molar refractivity (Wildman–Crippen MR) is 56.8 cm³/mol. The minimum absolute atomic E-state index is 0.227. The van der Waals surface area contributed by atoms with E-state index < -0.39 is 12.6 Å². The van der Waals surface area contributed by atoms with Gasteiger partial charge in [-0.1, -0.05) is 13.8 Å². The van der Waals surface area contributed by atoms with Crippen molar-refractivity contribution in [3.8, 4) is 0 Å². The molecule has 0 aliphatic rings. The summed E-state index contributed by atoms with van der Waals surface area (Å²) in [5.41, 5.74) is 0. The lowest BCUT2D eigenvalue weighted by atomic mass is 10.1. The average molecular weight is 225 g/mol. The van der Waals surface area contributed by atoms with E-state index in [1.807, 2.05) is 0 Å². The fourth-order valence-corrected chi connectivity index (χ4v) is 1.59. The molecule has 0 saturated heterocycles. The van der Waals surface area contributed by atoms with Gasteiger partial charge in [-0.25, -0.2) is 0 Å². The van der Waals surface area contributed by atoms with Crippen molar-refractivity contribution in [2.24, 2.45) is 5.92 Å². The molecule has 92 valence electrons. The Labute approximate surface area is 90.4 Å². The number of hydrogen-bond acceptors (Lipinski definition) is 1. The van der Waals surface area contributed by atoms with Gasteiger partial charge in [-0.05, 0) is 38.6 Å². The monoisotopic (exact) mass is 225 g/mol. The van der Waals surface area contributed by atoms with Gasteiger partial charge >= 0.3 is 6.18 Å². The summed E-state index contributed by atoms with van der Waals surface area (Å²) in [7, 11) is 0. The van der Waals surface area contributed by atoms with Gasteiger partial charge in [0.25, 0.3) is 0 Å². The zero-order chi connectivity index (χ0) is 11.9. The molecule has 0 aliphatic heterocycles. The molecule has 0 spiro atoms. The molecule has 15 heavy (non-hydrogen) atoms. The quantitative estimate of drug-likeness (QED) is 0.651. The van der Waals surface area contributed by atoms with Crippen LogP contribution in [0.15, 0.2) is 0 Å². The van der Waals surface area contributed by atoms with Gasteiger partial charge in [0.15, 0.2) is 0 Å². The van der Waals surface area contributed by atoms with Crippen LogP contribution in [-0.4, -0.2) is 18.8 Å². The van der Waals surface area contributed by atoms with Gasteiger partial charge in [0.05, 0.1) is 0 Å². The summed E-state index contributed by atoms with van der Waals surface area (Å²) in [4.78, 5) is 0. The zero-order valence-corrected chi connectivity index (χ0v) is 9.82. The topological polar surface area (TPSA) is 12.0 Å². The van der Waals surface area contributed by atoms with E-state index in [0.717, 1.165) is 6.42 Å². The molecule has 4 heteroatoms. The van der Waals surface area contributed by atoms with Gasteiger partial charge in [0.2, 0.25) is 0 Å². The Morgan fingerprint density at radius 3 is 2.13 bits per heavy atom. The second kappa shape index (κ2) is 7.09. The molecule has 1 nitrogen and oxygen atoms in total. The van der Waals surface area contributed by atoms with E-state index >= 15 is 0 Å². The molecule has 0 rings (SSSR count). The van der Waals surface area contributed by atoms with Crippen LogP contribution in [-0.2, 0) is 0 Å². The Bertz CT molecular complexity index is 154. The molecule has 1 N–H and O–H groups in total. The number of nitrogens with one attached hydrogen (secondary N) is 1. The van der Waals surface area contributed by atoms with Crippen molar-refractivity contribution in [3.63, 3.8) is 0 Å². The van der Waals surface area contributed by atoms with Crippen LogP contribution in [0.1, 0.15) is 46.5 Å². The van der Waals surface area contributed by atoms with Gasteiger partial charge in [0, 0.05) is 12.5 Å². The van der Waals surface area contributed by atoms with Crippen LogP contribution < -0.4 is 5.32 Å². The molecule has 0 fully saturated rings. The highest BCUT2D eigenvalue weighted by Crippen LogP contribution is 2.21. The molecule has 0 amide bonds. The Kier molecular flexibility index (Phi) is 6.98. The van der Waals surface area contributed by atoms with Gasteiger partial charge in [0.1, 0.15) is 0 Å². The maximum absolute atomic E-state index is 11.8. The molecule has 0 aromatic rings. The van der Waals surface area contributed by atoms with E-state index in [-0.39, 0.29) is 6.42 Å². The second-order valence-corrected chi connectivity index (χ2v) is 4.56. The zero-order valence-electron chi connectivity index (χ0n) is 9.82. The summed E-state index contributed by atoms with van der Waals surface area (Å²) >= 11 is 0. The number of rotatable bonds is 7. The van der Waals surface area contributed by atoms with Crippen molar-refractivity contribution in [1.29, 1.82) is 0 Å². The number of unbranched alkanes of at least 4 members (excludes halogenated alkanes) is 1. The lowest BCUT2D eigenvalue weighted by Crippen LogP contribution is -2.28. The van der Waals surface area contributed by atoms with Gasteiger partial charge in [-0.3, -0.25) is 0 Å². The molecule has 0 heterocycles. The smallest absolute Gasteiger partial charge is 0.314 e. The molecule has 0 saturated carbocycles. The first kappa shape index (κ1) is 14.8. The third kappa shape index (κ3) is 11.7. The van der Waals surface area contributed by atoms with Crippen LogP contribution in [0.3, 0.4) is 0 Å². The van der Waals surface area contributed by atoms with Crippen molar-refractivity contribution in [2.75, 3.05) is 6.54 Å². The van der Waals surface area contributed by atoms with Crippen LogP contribution in [0.5, 0.6) is 0 Å². The fourth-order valence-electron chi connectivity index (χ4n) is 1.59. The third-order valence-electron chi connectivity index (χ3n) is 2.20. The second-order valence-electron chi connectivity index (χ2n) is 4.56. The third-order valence-corrected chi connectivity index (χ3v) is 2.20. The lowest BCUT2D eigenvalue weighted by molar-refractivity contribution is -0.135. The van der Waals surface area contributed by atoms with Crippen LogP contribution in [0, 0.1) is 5.92 Å². The van der Waals surface area contributed by atoms with Crippen LogP contribution in [0.4, 0.5) is 13.2 Å². The Balaban J connectivity index is 3.31. The van der Waals surface area contributed by atoms with Gasteiger partial charge < -0.3 is 5.32 Å². The van der Waals surface area contributed by atoms with E-state index in [4.69, 9.17) is 0 Å². The minimum atomic E-state index is -4.00. The molecular formula is C11H22F3N. The lowest BCUT2D eigenvalue weighted by Gasteiger charge is -2.15. The fraction of sp³-hybridized carbons (Fsp3) is 1.00. The molecular weight excluding hydrogens is 203 g/mol. The van der Waals surface area contributed by atoms with E-state index in [0.29, 0.717) is 24.9 Å². The first-order chi connectivity index (χ1) is 6.81. The summed E-state index contributed by atoms with van der Waals surface area (Å²) in [5, 5.41) is 3.23. The molecule has 0 bridgehead atoms. The first-order valence-electron chi connectivity index (χ1n) is 5.61. The Morgan fingerprint density at radius 1 is 1.07 bits per heavy atom. The number of alkyl halides is 3. The average Bonchev–Trinajstić information content (AvgIpc) is 1.99. The highest BCUT2D eigenvalue weighted by Gasteiger charge is 2.25. The van der Waals surface area contributed by atoms with E-state index in [1.165, 1.54) is 0 Å². The number of halogens is 3. The Hall–Kier alpha value is -0.250.